The zero-order valence-corrected chi connectivity index (χ0v) is 11.2. The van der Waals surface area contributed by atoms with E-state index in [0.717, 1.165) is 0 Å². The molecule has 0 amide bonds. The smallest absolute Gasteiger partial charge is 0.257 e. The Labute approximate surface area is 82.7 Å². The van der Waals surface area contributed by atoms with E-state index in [1.54, 1.807) is 6.92 Å². The van der Waals surface area contributed by atoms with Gasteiger partial charge in [0.15, 0.2) is 0 Å². The molecule has 0 N–H and O–H groups in total. The molecule has 13 heavy (non-hydrogen) atoms. The van der Waals surface area contributed by atoms with Crippen LogP contribution in [-0.2, 0) is 14.0 Å². The van der Waals surface area contributed by atoms with Crippen LogP contribution in [0.5, 0.6) is 0 Å². The maximum absolute atomic E-state index is 11.3. The zero-order valence-electron chi connectivity index (χ0n) is 9.34. The van der Waals surface area contributed by atoms with Crippen LogP contribution in [0.2, 0.25) is 18.1 Å². The van der Waals surface area contributed by atoms with Gasteiger partial charge in [-0.15, -0.1) is 0 Å². The molecule has 0 aromatic rings. The highest BCUT2D eigenvalue weighted by atomic mass is 32.2. The third-order valence-electron chi connectivity index (χ3n) is 2.50. The van der Waals surface area contributed by atoms with Gasteiger partial charge in [-0.2, -0.15) is 0 Å². The minimum atomic E-state index is -3.30. The van der Waals surface area contributed by atoms with Gasteiger partial charge < -0.3 is 3.87 Å². The lowest BCUT2D eigenvalue weighted by molar-refractivity contribution is 0.457. The Bertz CT molecular complexity index is 262. The lowest BCUT2D eigenvalue weighted by Gasteiger charge is -2.34. The van der Waals surface area contributed by atoms with Crippen molar-refractivity contribution < 1.29 is 12.3 Å². The van der Waals surface area contributed by atoms with Gasteiger partial charge in [0.2, 0.25) is 8.32 Å². The summed E-state index contributed by atoms with van der Waals surface area (Å²) < 4.78 is 27.8. The Hall–Kier alpha value is 0.127. The Morgan fingerprint density at radius 2 is 1.62 bits per heavy atom. The first-order chi connectivity index (χ1) is 5.52. The maximum atomic E-state index is 11.3. The van der Waals surface area contributed by atoms with Crippen molar-refractivity contribution in [3.05, 3.63) is 0 Å². The Morgan fingerprint density at radius 3 is 1.85 bits per heavy atom. The van der Waals surface area contributed by atoms with Crippen LogP contribution in [0.25, 0.3) is 0 Å². The first-order valence-corrected chi connectivity index (χ1v) is 8.94. The molecule has 0 heterocycles. The molecule has 0 fully saturated rings. The average Bonchev–Trinajstić information content (AvgIpc) is 1.83. The van der Waals surface area contributed by atoms with Gasteiger partial charge in [-0.1, -0.05) is 20.8 Å². The largest absolute Gasteiger partial charge is 0.315 e. The molecule has 0 unspecified atom stereocenters. The summed E-state index contributed by atoms with van der Waals surface area (Å²) in [6.07, 6.45) is 0. The Morgan fingerprint density at radius 1 is 1.23 bits per heavy atom. The molecule has 0 rings (SSSR count). The molecule has 0 aromatic heterocycles. The van der Waals surface area contributed by atoms with Crippen LogP contribution in [0.3, 0.4) is 0 Å². The molecule has 0 aromatic carbocycles. The van der Waals surface area contributed by atoms with E-state index in [1.807, 2.05) is 33.9 Å². The fraction of sp³-hybridized carbons (Fsp3) is 1.00. The van der Waals surface area contributed by atoms with Crippen molar-refractivity contribution in [3.8, 4) is 0 Å². The monoisotopic (exact) mass is 224 g/mol. The summed E-state index contributed by atoms with van der Waals surface area (Å²) in [5.74, 6) is 0.0551. The Balaban J connectivity index is 4.72. The van der Waals surface area contributed by atoms with Gasteiger partial charge in [-0.3, -0.25) is 0 Å². The third kappa shape index (κ3) is 3.78. The molecular weight excluding hydrogens is 204 g/mol. The van der Waals surface area contributed by atoms with Crippen LogP contribution in [0.15, 0.2) is 0 Å². The molecule has 0 atom stereocenters. The molecule has 0 saturated carbocycles. The van der Waals surface area contributed by atoms with Crippen LogP contribution >= 0.6 is 0 Å². The third-order valence-corrected chi connectivity index (χ3v) is 9.50. The van der Waals surface area contributed by atoms with E-state index < -0.39 is 18.4 Å². The highest BCUT2D eigenvalue weighted by Gasteiger charge is 2.40. The van der Waals surface area contributed by atoms with Crippen LogP contribution in [-0.4, -0.2) is 22.5 Å². The van der Waals surface area contributed by atoms with E-state index in [9.17, 15) is 8.42 Å². The van der Waals surface area contributed by atoms with Crippen molar-refractivity contribution in [1.82, 2.24) is 0 Å². The van der Waals surface area contributed by atoms with Crippen molar-refractivity contribution >= 4 is 18.4 Å². The van der Waals surface area contributed by atoms with Crippen LogP contribution in [0.4, 0.5) is 0 Å². The first kappa shape index (κ1) is 13.1. The van der Waals surface area contributed by atoms with E-state index in [-0.39, 0.29) is 10.8 Å². The highest BCUT2D eigenvalue weighted by Crippen LogP contribution is 2.37. The van der Waals surface area contributed by atoms with Gasteiger partial charge in [-0.25, -0.2) is 8.42 Å². The topological polar surface area (TPSA) is 43.4 Å². The maximum Gasteiger partial charge on any atom is 0.257 e. The zero-order chi connectivity index (χ0) is 10.9. The van der Waals surface area contributed by atoms with Crippen LogP contribution in [0, 0.1) is 0 Å². The van der Waals surface area contributed by atoms with Crippen molar-refractivity contribution in [2.75, 3.05) is 5.75 Å². The molecule has 0 radical (unpaired) electrons. The molecule has 0 aliphatic carbocycles. The summed E-state index contributed by atoms with van der Waals surface area (Å²) in [6, 6.07) is 0. The average molecular weight is 224 g/mol. The van der Waals surface area contributed by atoms with E-state index in [2.05, 4.69) is 0 Å². The molecule has 80 valence electrons. The first-order valence-electron chi connectivity index (χ1n) is 4.45. The van der Waals surface area contributed by atoms with Crippen LogP contribution < -0.4 is 0 Å². The summed E-state index contributed by atoms with van der Waals surface area (Å²) >= 11 is 0. The summed E-state index contributed by atoms with van der Waals surface area (Å²) in [6.45, 7) is 11.5. The summed E-state index contributed by atoms with van der Waals surface area (Å²) in [7, 11) is -5.45. The van der Waals surface area contributed by atoms with Gasteiger partial charge >= 0.3 is 0 Å². The predicted molar refractivity (Wildman–Crippen MR) is 57.7 cm³/mol. The van der Waals surface area contributed by atoms with Gasteiger partial charge in [0.05, 0.1) is 5.75 Å². The van der Waals surface area contributed by atoms with Gasteiger partial charge in [0.25, 0.3) is 10.1 Å². The van der Waals surface area contributed by atoms with E-state index in [4.69, 9.17) is 3.87 Å². The number of rotatable bonds is 3. The highest BCUT2D eigenvalue weighted by molar-refractivity contribution is 7.87. The minimum Gasteiger partial charge on any atom is -0.315 e. The van der Waals surface area contributed by atoms with Gasteiger partial charge in [0, 0.05) is 0 Å². The van der Waals surface area contributed by atoms with Crippen molar-refractivity contribution in [2.45, 2.75) is 45.8 Å². The number of hydrogen-bond acceptors (Lipinski definition) is 3. The molecular formula is C8H20O3SSi. The predicted octanol–water partition coefficient (Wildman–Crippen LogP) is 2.36. The van der Waals surface area contributed by atoms with Crippen molar-refractivity contribution in [1.29, 1.82) is 0 Å². The second kappa shape index (κ2) is 3.71. The summed E-state index contributed by atoms with van der Waals surface area (Å²) in [4.78, 5) is 0. The van der Waals surface area contributed by atoms with Gasteiger partial charge in [0.1, 0.15) is 0 Å². The van der Waals surface area contributed by atoms with Gasteiger partial charge in [-0.05, 0) is 25.1 Å². The second-order valence-corrected chi connectivity index (χ2v) is 11.6. The molecule has 0 bridgehead atoms. The molecule has 0 saturated heterocycles. The molecule has 0 aliphatic heterocycles. The fourth-order valence-electron chi connectivity index (χ4n) is 0.501. The SMILES string of the molecule is CCS(=O)(=O)O[Si](C)(C)C(C)(C)C. The fourth-order valence-corrected chi connectivity index (χ4v) is 4.51. The summed E-state index contributed by atoms with van der Waals surface area (Å²) in [5.41, 5.74) is 0. The molecule has 3 nitrogen and oxygen atoms in total. The quantitative estimate of drug-likeness (QED) is 0.691. The standard InChI is InChI=1S/C8H20O3SSi/c1-7-12(9,10)11-13(5,6)8(2,3)4/h7H2,1-6H3. The lowest BCUT2D eigenvalue weighted by Crippen LogP contribution is -2.42. The Kier molecular flexibility index (Phi) is 3.74. The molecule has 0 aliphatic rings. The van der Waals surface area contributed by atoms with E-state index >= 15 is 0 Å². The molecule has 5 heteroatoms. The normalized spacial score (nSPS) is 14.6. The van der Waals surface area contributed by atoms with Crippen molar-refractivity contribution in [2.24, 2.45) is 0 Å². The number of hydrogen-bond donors (Lipinski definition) is 0. The van der Waals surface area contributed by atoms with E-state index in [1.165, 1.54) is 0 Å². The molecule has 0 spiro atoms. The van der Waals surface area contributed by atoms with Crippen molar-refractivity contribution in [3.63, 3.8) is 0 Å². The van der Waals surface area contributed by atoms with E-state index in [0.29, 0.717) is 0 Å². The minimum absolute atomic E-state index is 0.0551. The summed E-state index contributed by atoms with van der Waals surface area (Å²) in [5, 5.41) is -0.0603. The van der Waals surface area contributed by atoms with Crippen LogP contribution in [0.1, 0.15) is 27.7 Å². The lowest BCUT2D eigenvalue weighted by atomic mass is 10.2. The second-order valence-electron chi connectivity index (χ2n) is 4.69.